The highest BCUT2D eigenvalue weighted by Crippen LogP contribution is 2.36. The third-order valence-electron chi connectivity index (χ3n) is 6.57. The number of fused-ring (bicyclic) bond motifs is 2. The zero-order chi connectivity index (χ0) is 22.1. The molecule has 3 heterocycles. The van der Waals surface area contributed by atoms with Crippen LogP contribution >= 0.6 is 0 Å². The third kappa shape index (κ3) is 4.30. The third-order valence-corrected chi connectivity index (χ3v) is 6.57. The lowest BCUT2D eigenvalue weighted by molar-refractivity contribution is -0.117. The number of rotatable bonds is 3. The summed E-state index contributed by atoms with van der Waals surface area (Å²) < 4.78 is 0. The number of anilines is 2. The maximum Gasteiger partial charge on any atom is 0.228 e. The van der Waals surface area contributed by atoms with Crippen LogP contribution in [0.2, 0.25) is 0 Å². The van der Waals surface area contributed by atoms with Gasteiger partial charge in [0.05, 0.1) is 11.8 Å². The SMILES string of the molecule is C1CCC1.Nc1nc(-c2cncc3c2CCCC3O)cc2cc(NC(=O)C3CC3)ncc12. The number of carbonyl (C=O) groups is 1. The van der Waals surface area contributed by atoms with E-state index in [0.717, 1.165) is 59.6 Å². The average Bonchev–Trinajstić information content (AvgIpc) is 3.58. The summed E-state index contributed by atoms with van der Waals surface area (Å²) >= 11 is 0. The molecule has 3 aliphatic carbocycles. The number of hydrogen-bond donors (Lipinski definition) is 3. The highest BCUT2D eigenvalue weighted by molar-refractivity contribution is 5.98. The van der Waals surface area contributed by atoms with Gasteiger partial charge in [-0.2, -0.15) is 0 Å². The van der Waals surface area contributed by atoms with Crippen molar-refractivity contribution in [1.82, 2.24) is 15.0 Å². The van der Waals surface area contributed by atoms with E-state index >= 15 is 0 Å². The highest BCUT2D eigenvalue weighted by atomic mass is 16.3. The second-order valence-corrected chi connectivity index (χ2v) is 9.02. The summed E-state index contributed by atoms with van der Waals surface area (Å²) in [6.45, 7) is 0. The number of nitrogens with one attached hydrogen (secondary N) is 1. The fourth-order valence-electron chi connectivity index (χ4n) is 4.12. The van der Waals surface area contributed by atoms with Crippen molar-refractivity contribution in [1.29, 1.82) is 0 Å². The van der Waals surface area contributed by atoms with E-state index in [4.69, 9.17) is 5.73 Å². The van der Waals surface area contributed by atoms with Gasteiger partial charge in [0.2, 0.25) is 5.91 Å². The number of carbonyl (C=O) groups excluding carboxylic acids is 1. The number of nitrogens with two attached hydrogens (primary N) is 1. The largest absolute Gasteiger partial charge is 0.388 e. The van der Waals surface area contributed by atoms with Crippen LogP contribution in [0.4, 0.5) is 11.6 Å². The molecule has 7 heteroatoms. The van der Waals surface area contributed by atoms with Crippen molar-refractivity contribution < 1.29 is 9.90 Å². The normalized spacial score (nSPS) is 19.3. The van der Waals surface area contributed by atoms with Crippen LogP contribution in [0.3, 0.4) is 0 Å². The molecule has 0 spiro atoms. The maximum absolute atomic E-state index is 12.0. The predicted molar refractivity (Wildman–Crippen MR) is 125 cm³/mol. The van der Waals surface area contributed by atoms with Gasteiger partial charge in [-0.05, 0) is 55.2 Å². The number of aromatic nitrogens is 3. The number of nitrogens with zero attached hydrogens (tertiary/aromatic N) is 3. The fraction of sp³-hybridized carbons (Fsp3) is 0.440. The molecule has 3 aromatic rings. The van der Waals surface area contributed by atoms with Crippen molar-refractivity contribution in [2.75, 3.05) is 11.1 Å². The lowest BCUT2D eigenvalue weighted by atomic mass is 9.87. The zero-order valence-corrected chi connectivity index (χ0v) is 18.2. The lowest BCUT2D eigenvalue weighted by Crippen LogP contribution is -2.14. The Balaban J connectivity index is 0.000000489. The van der Waals surface area contributed by atoms with Crippen LogP contribution in [0.5, 0.6) is 0 Å². The Morgan fingerprint density at radius 2 is 1.81 bits per heavy atom. The smallest absolute Gasteiger partial charge is 0.228 e. The van der Waals surface area contributed by atoms with E-state index in [2.05, 4.69) is 20.3 Å². The van der Waals surface area contributed by atoms with Crippen molar-refractivity contribution in [3.8, 4) is 11.3 Å². The van der Waals surface area contributed by atoms with Gasteiger partial charge in [0, 0.05) is 41.0 Å². The summed E-state index contributed by atoms with van der Waals surface area (Å²) in [7, 11) is 0. The lowest BCUT2D eigenvalue weighted by Gasteiger charge is -2.23. The van der Waals surface area contributed by atoms with Crippen molar-refractivity contribution in [2.45, 2.75) is 63.9 Å². The van der Waals surface area contributed by atoms with Crippen LogP contribution in [0.25, 0.3) is 22.0 Å². The molecule has 1 amide bonds. The fourth-order valence-corrected chi connectivity index (χ4v) is 4.12. The molecule has 0 aromatic carbocycles. The summed E-state index contributed by atoms with van der Waals surface area (Å²) in [6, 6.07) is 3.77. The summed E-state index contributed by atoms with van der Waals surface area (Å²) in [6.07, 6.45) is 15.1. The molecule has 32 heavy (non-hydrogen) atoms. The predicted octanol–water partition coefficient (Wildman–Crippen LogP) is 4.55. The Kier molecular flexibility index (Phi) is 5.74. The molecule has 3 aliphatic rings. The van der Waals surface area contributed by atoms with Gasteiger partial charge >= 0.3 is 0 Å². The molecule has 6 rings (SSSR count). The molecule has 2 fully saturated rings. The van der Waals surface area contributed by atoms with Crippen molar-refractivity contribution in [2.24, 2.45) is 5.92 Å². The van der Waals surface area contributed by atoms with Crippen LogP contribution in [-0.4, -0.2) is 26.0 Å². The number of amides is 1. The second-order valence-electron chi connectivity index (χ2n) is 9.02. The summed E-state index contributed by atoms with van der Waals surface area (Å²) in [5.41, 5.74) is 9.76. The standard InChI is InChI=1S/C21H21N5O2.C4H8/c22-20-14-10-24-19(26-21(28)11-4-5-11)7-12(14)6-17(25-20)15-8-23-9-16-13(15)2-1-3-18(16)27;1-2-4-3-1/h6-11,18,27H,1-5H2,(H2,22,25)(H,24,26,28);1-4H2. The molecule has 7 nitrogen and oxygen atoms in total. The minimum Gasteiger partial charge on any atom is -0.388 e. The first-order chi connectivity index (χ1) is 15.6. The van der Waals surface area contributed by atoms with E-state index in [1.807, 2.05) is 12.1 Å². The molecule has 4 N–H and O–H groups in total. The van der Waals surface area contributed by atoms with Gasteiger partial charge < -0.3 is 16.2 Å². The summed E-state index contributed by atoms with van der Waals surface area (Å²) in [4.78, 5) is 25.2. The van der Waals surface area contributed by atoms with Gasteiger partial charge in [-0.1, -0.05) is 25.7 Å². The van der Waals surface area contributed by atoms with Crippen LogP contribution in [0.15, 0.2) is 30.7 Å². The number of aliphatic hydroxyl groups is 1. The Morgan fingerprint density at radius 3 is 2.53 bits per heavy atom. The Bertz CT molecular complexity index is 1150. The Labute approximate surface area is 187 Å². The van der Waals surface area contributed by atoms with Crippen LogP contribution in [0, 0.1) is 5.92 Å². The Morgan fingerprint density at radius 1 is 1.03 bits per heavy atom. The molecule has 0 bridgehead atoms. The monoisotopic (exact) mass is 431 g/mol. The molecular weight excluding hydrogens is 402 g/mol. The molecule has 1 atom stereocenters. The quantitative estimate of drug-likeness (QED) is 0.560. The van der Waals surface area contributed by atoms with E-state index in [1.165, 1.54) is 25.7 Å². The maximum atomic E-state index is 12.0. The Hall–Kier alpha value is -3.06. The van der Waals surface area contributed by atoms with Gasteiger partial charge in [-0.3, -0.25) is 9.78 Å². The van der Waals surface area contributed by atoms with Crippen LogP contribution in [0.1, 0.15) is 68.6 Å². The molecule has 166 valence electrons. The topological polar surface area (TPSA) is 114 Å². The number of aliphatic hydroxyl groups excluding tert-OH is 1. The van der Waals surface area contributed by atoms with E-state index < -0.39 is 6.10 Å². The van der Waals surface area contributed by atoms with Crippen molar-refractivity contribution >= 4 is 28.3 Å². The average molecular weight is 432 g/mol. The van der Waals surface area contributed by atoms with Gasteiger partial charge in [0.1, 0.15) is 11.6 Å². The first kappa shape index (κ1) is 20.8. The minimum absolute atomic E-state index is 0.0180. The molecule has 2 saturated carbocycles. The summed E-state index contributed by atoms with van der Waals surface area (Å²) in [5.74, 6) is 1.03. The molecule has 0 radical (unpaired) electrons. The van der Waals surface area contributed by atoms with Crippen molar-refractivity contribution in [3.05, 3.63) is 41.9 Å². The van der Waals surface area contributed by atoms with Gasteiger partial charge in [-0.25, -0.2) is 9.97 Å². The second kappa shape index (κ2) is 8.82. The molecule has 0 aliphatic heterocycles. The van der Waals surface area contributed by atoms with E-state index in [0.29, 0.717) is 17.3 Å². The molecule has 1 unspecified atom stereocenters. The highest BCUT2D eigenvalue weighted by Gasteiger charge is 2.30. The first-order valence-corrected chi connectivity index (χ1v) is 11.6. The number of nitrogen functional groups attached to an aromatic ring is 1. The number of pyridine rings is 3. The minimum atomic E-state index is -0.484. The number of hydrogen-bond acceptors (Lipinski definition) is 6. The van der Waals surface area contributed by atoms with E-state index in [-0.39, 0.29) is 11.8 Å². The van der Waals surface area contributed by atoms with Gasteiger partial charge in [-0.15, -0.1) is 0 Å². The van der Waals surface area contributed by atoms with Crippen molar-refractivity contribution in [3.63, 3.8) is 0 Å². The van der Waals surface area contributed by atoms with Crippen LogP contribution < -0.4 is 11.1 Å². The van der Waals surface area contributed by atoms with Gasteiger partial charge in [0.25, 0.3) is 0 Å². The first-order valence-electron chi connectivity index (χ1n) is 11.6. The molecular formula is C25H29N5O2. The van der Waals surface area contributed by atoms with E-state index in [1.54, 1.807) is 18.6 Å². The van der Waals surface area contributed by atoms with Crippen LogP contribution in [-0.2, 0) is 11.2 Å². The zero-order valence-electron chi connectivity index (χ0n) is 18.2. The van der Waals surface area contributed by atoms with Gasteiger partial charge in [0.15, 0.2) is 0 Å². The molecule has 0 saturated heterocycles. The van der Waals surface area contributed by atoms with E-state index in [9.17, 15) is 9.90 Å². The molecule has 3 aromatic heterocycles. The summed E-state index contributed by atoms with van der Waals surface area (Å²) in [5, 5.41) is 14.8.